The van der Waals surface area contributed by atoms with Gasteiger partial charge < -0.3 is 4.90 Å². The van der Waals surface area contributed by atoms with Crippen molar-refractivity contribution in [1.29, 1.82) is 0 Å². The fourth-order valence-corrected chi connectivity index (χ4v) is 3.96. The molecule has 0 aromatic carbocycles. The van der Waals surface area contributed by atoms with Gasteiger partial charge in [-0.3, -0.25) is 4.79 Å². The Balaban J connectivity index is 2.18. The number of hydrogen-bond acceptors (Lipinski definition) is 4. The fourth-order valence-electron chi connectivity index (χ4n) is 1.98. The summed E-state index contributed by atoms with van der Waals surface area (Å²) in [6.07, 6.45) is 1.97. The summed E-state index contributed by atoms with van der Waals surface area (Å²) in [5, 5.41) is 0.134. The second-order valence-corrected chi connectivity index (χ2v) is 6.90. The zero-order chi connectivity index (χ0) is 13.3. The van der Waals surface area contributed by atoms with E-state index in [1.165, 1.54) is 11.1 Å². The monoisotopic (exact) mass is 288 g/mol. The number of sulfone groups is 1. The smallest absolute Gasteiger partial charge is 0.257 e. The van der Waals surface area contributed by atoms with Gasteiger partial charge in [-0.05, 0) is 18.6 Å². The molecule has 0 N–H and O–H groups in total. The van der Waals surface area contributed by atoms with Crippen molar-refractivity contribution < 1.29 is 13.2 Å². The predicted octanol–water partition coefficient (Wildman–Crippen LogP) is 0.994. The van der Waals surface area contributed by atoms with Crippen LogP contribution < -0.4 is 0 Å². The molecule has 0 bridgehead atoms. The molecule has 7 heteroatoms. The molecule has 0 saturated carbocycles. The lowest BCUT2D eigenvalue weighted by molar-refractivity contribution is 0.0747. The number of pyridine rings is 1. The van der Waals surface area contributed by atoms with E-state index in [9.17, 15) is 13.2 Å². The molecule has 1 aliphatic rings. The van der Waals surface area contributed by atoms with E-state index in [1.54, 1.807) is 19.2 Å². The minimum Gasteiger partial charge on any atom is -0.338 e. The number of carbonyl (C=O) groups is 1. The molecule has 1 unspecified atom stereocenters. The topological polar surface area (TPSA) is 67.3 Å². The van der Waals surface area contributed by atoms with Crippen molar-refractivity contribution in [3.05, 3.63) is 29.0 Å². The molecular formula is C11H13ClN2O3S. The summed E-state index contributed by atoms with van der Waals surface area (Å²) >= 11 is 5.85. The number of hydrogen-bond donors (Lipinski definition) is 0. The van der Waals surface area contributed by atoms with Crippen LogP contribution >= 0.6 is 11.6 Å². The Morgan fingerprint density at radius 1 is 1.56 bits per heavy atom. The molecule has 18 heavy (non-hydrogen) atoms. The van der Waals surface area contributed by atoms with Crippen LogP contribution in [0, 0.1) is 0 Å². The third-order valence-corrected chi connectivity index (χ3v) is 5.12. The highest BCUT2D eigenvalue weighted by Crippen LogP contribution is 2.20. The van der Waals surface area contributed by atoms with Crippen LogP contribution in [0.3, 0.4) is 0 Å². The fraction of sp³-hybridized carbons (Fsp3) is 0.455. The van der Waals surface area contributed by atoms with Gasteiger partial charge in [0.05, 0.1) is 17.1 Å². The van der Waals surface area contributed by atoms with Crippen LogP contribution in [0.2, 0.25) is 5.15 Å². The molecule has 0 radical (unpaired) electrons. The van der Waals surface area contributed by atoms with E-state index in [0.29, 0.717) is 12.0 Å². The summed E-state index contributed by atoms with van der Waals surface area (Å²) in [7, 11) is -1.41. The summed E-state index contributed by atoms with van der Waals surface area (Å²) in [6, 6.07) is 2.93. The number of nitrogens with zero attached hydrogens (tertiary/aromatic N) is 2. The van der Waals surface area contributed by atoms with Crippen LogP contribution in [0.5, 0.6) is 0 Å². The highest BCUT2D eigenvalue weighted by atomic mass is 35.5. The lowest BCUT2D eigenvalue weighted by Gasteiger charge is -2.23. The first-order valence-corrected chi connectivity index (χ1v) is 7.69. The number of amides is 1. The van der Waals surface area contributed by atoms with E-state index in [0.717, 1.165) is 0 Å². The van der Waals surface area contributed by atoms with Crippen molar-refractivity contribution in [3.63, 3.8) is 0 Å². The van der Waals surface area contributed by atoms with Gasteiger partial charge in [-0.25, -0.2) is 13.4 Å². The molecule has 1 aromatic rings. The largest absolute Gasteiger partial charge is 0.338 e. The second kappa shape index (κ2) is 4.85. The van der Waals surface area contributed by atoms with E-state index in [1.807, 2.05) is 0 Å². The summed E-state index contributed by atoms with van der Waals surface area (Å²) in [4.78, 5) is 17.4. The molecule has 0 spiro atoms. The lowest BCUT2D eigenvalue weighted by Crippen LogP contribution is -2.38. The first-order chi connectivity index (χ1) is 8.41. The Labute approximate surface area is 111 Å². The zero-order valence-electron chi connectivity index (χ0n) is 9.84. The van der Waals surface area contributed by atoms with Crippen LogP contribution in [0.25, 0.3) is 0 Å². The van der Waals surface area contributed by atoms with Crippen molar-refractivity contribution in [2.45, 2.75) is 12.5 Å². The second-order valence-electron chi connectivity index (χ2n) is 4.31. The van der Waals surface area contributed by atoms with Gasteiger partial charge in [-0.1, -0.05) is 11.6 Å². The minimum atomic E-state index is -3.01. The van der Waals surface area contributed by atoms with Crippen LogP contribution in [-0.4, -0.2) is 48.8 Å². The standard InChI is InChI=1S/C11H13ClN2O3S/c1-14(8-4-6-18(16,17)7-8)11(15)9-3-2-5-13-10(9)12/h2-3,5,8H,4,6-7H2,1H3. The first kappa shape index (κ1) is 13.3. The highest BCUT2D eigenvalue weighted by molar-refractivity contribution is 7.91. The van der Waals surface area contributed by atoms with Gasteiger partial charge in [-0.2, -0.15) is 0 Å². The van der Waals surface area contributed by atoms with Crippen molar-refractivity contribution in [2.24, 2.45) is 0 Å². The van der Waals surface area contributed by atoms with E-state index in [-0.39, 0.29) is 28.6 Å². The lowest BCUT2D eigenvalue weighted by atomic mass is 10.2. The van der Waals surface area contributed by atoms with E-state index < -0.39 is 9.84 Å². The van der Waals surface area contributed by atoms with Gasteiger partial charge in [-0.15, -0.1) is 0 Å². The quantitative estimate of drug-likeness (QED) is 0.761. The summed E-state index contributed by atoms with van der Waals surface area (Å²) in [5.41, 5.74) is 0.297. The van der Waals surface area contributed by atoms with Gasteiger partial charge in [0.15, 0.2) is 9.84 Å². The molecule has 98 valence electrons. The third-order valence-electron chi connectivity index (χ3n) is 3.07. The first-order valence-electron chi connectivity index (χ1n) is 5.49. The Kier molecular flexibility index (Phi) is 3.59. The van der Waals surface area contributed by atoms with Crippen molar-refractivity contribution in [2.75, 3.05) is 18.6 Å². The van der Waals surface area contributed by atoms with Crippen LogP contribution in [0.1, 0.15) is 16.8 Å². The molecule has 0 aliphatic carbocycles. The molecule has 1 aliphatic heterocycles. The maximum Gasteiger partial charge on any atom is 0.257 e. The molecule has 1 aromatic heterocycles. The van der Waals surface area contributed by atoms with Gasteiger partial charge >= 0.3 is 0 Å². The maximum absolute atomic E-state index is 12.2. The molecule has 1 amide bonds. The van der Waals surface area contributed by atoms with E-state index >= 15 is 0 Å². The van der Waals surface area contributed by atoms with E-state index in [2.05, 4.69) is 4.98 Å². The summed E-state index contributed by atoms with van der Waals surface area (Å²) in [6.45, 7) is 0. The Morgan fingerprint density at radius 2 is 2.28 bits per heavy atom. The molecule has 2 rings (SSSR count). The molecule has 1 saturated heterocycles. The van der Waals surface area contributed by atoms with Crippen LogP contribution in [0.15, 0.2) is 18.3 Å². The summed E-state index contributed by atoms with van der Waals surface area (Å²) < 4.78 is 22.8. The number of halogens is 1. The number of carbonyl (C=O) groups excluding carboxylic acids is 1. The van der Waals surface area contributed by atoms with Crippen molar-refractivity contribution in [1.82, 2.24) is 9.88 Å². The van der Waals surface area contributed by atoms with E-state index in [4.69, 9.17) is 11.6 Å². The molecule has 1 fully saturated rings. The van der Waals surface area contributed by atoms with Gasteiger partial charge in [0.1, 0.15) is 5.15 Å². The average molecular weight is 289 g/mol. The predicted molar refractivity (Wildman–Crippen MR) is 68.4 cm³/mol. The normalized spacial score (nSPS) is 21.8. The van der Waals surface area contributed by atoms with Gasteiger partial charge in [0, 0.05) is 19.3 Å². The molecular weight excluding hydrogens is 276 g/mol. The number of aromatic nitrogens is 1. The van der Waals surface area contributed by atoms with Crippen molar-refractivity contribution >= 4 is 27.3 Å². The Hall–Kier alpha value is -1.14. The SMILES string of the molecule is CN(C(=O)c1cccnc1Cl)C1CCS(=O)(=O)C1. The Morgan fingerprint density at radius 3 is 2.83 bits per heavy atom. The summed E-state index contributed by atoms with van der Waals surface area (Å²) in [5.74, 6) is -0.140. The molecule has 2 heterocycles. The minimum absolute atomic E-state index is 0.0210. The average Bonchev–Trinajstić information content (AvgIpc) is 2.68. The number of rotatable bonds is 2. The Bertz CT molecular complexity index is 573. The highest BCUT2D eigenvalue weighted by Gasteiger charge is 2.33. The molecule has 1 atom stereocenters. The van der Waals surface area contributed by atoms with Crippen molar-refractivity contribution in [3.8, 4) is 0 Å². The molecule has 5 nitrogen and oxygen atoms in total. The maximum atomic E-state index is 12.2. The van der Waals surface area contributed by atoms with Crippen LogP contribution in [0.4, 0.5) is 0 Å². The third kappa shape index (κ3) is 2.64. The van der Waals surface area contributed by atoms with Gasteiger partial charge in [0.25, 0.3) is 5.91 Å². The van der Waals surface area contributed by atoms with Gasteiger partial charge in [0.2, 0.25) is 0 Å². The van der Waals surface area contributed by atoms with Crippen LogP contribution in [-0.2, 0) is 9.84 Å². The zero-order valence-corrected chi connectivity index (χ0v) is 11.4.